The predicted molar refractivity (Wildman–Crippen MR) is 95.6 cm³/mol. The Kier molecular flexibility index (Phi) is 6.29. The van der Waals surface area contributed by atoms with Crippen LogP contribution in [-0.4, -0.2) is 19.3 Å². The van der Waals surface area contributed by atoms with Crippen molar-refractivity contribution in [2.45, 2.75) is 12.3 Å². The number of hydrogen-bond donors (Lipinski definition) is 2. The number of rotatable bonds is 6. The first kappa shape index (κ1) is 17.1. The number of thioether (sulfide) groups is 1. The Morgan fingerprint density at radius 3 is 2.61 bits per heavy atom. The third-order valence-corrected chi connectivity index (χ3v) is 3.85. The van der Waals surface area contributed by atoms with Gasteiger partial charge in [-0.05, 0) is 53.8 Å². The number of anilines is 1. The number of ether oxygens (including phenoxy) is 1. The number of benzene rings is 2. The summed E-state index contributed by atoms with van der Waals surface area (Å²) in [6, 6.07) is 12.1. The van der Waals surface area contributed by atoms with E-state index < -0.39 is 0 Å². The zero-order valence-electron chi connectivity index (χ0n) is 13.2. The molecule has 0 aliphatic heterocycles. The molecular weight excluding hydrogens is 313 g/mol. The van der Waals surface area contributed by atoms with Gasteiger partial charge in [-0.1, -0.05) is 6.07 Å². The van der Waals surface area contributed by atoms with Crippen molar-refractivity contribution in [2.24, 2.45) is 10.7 Å². The highest BCUT2D eigenvalue weighted by Gasteiger charge is 2.04. The predicted octanol–water partition coefficient (Wildman–Crippen LogP) is 3.62. The molecule has 0 unspecified atom stereocenters. The number of guanidine groups is 1. The molecule has 0 fully saturated rings. The molecule has 0 radical (unpaired) electrons. The quantitative estimate of drug-likeness (QED) is 0.626. The van der Waals surface area contributed by atoms with Gasteiger partial charge in [0, 0.05) is 11.4 Å². The van der Waals surface area contributed by atoms with E-state index in [0.29, 0.717) is 12.5 Å². The second-order valence-corrected chi connectivity index (χ2v) is 5.77. The van der Waals surface area contributed by atoms with Crippen LogP contribution in [0, 0.1) is 5.82 Å². The Bertz CT molecular complexity index is 674. The third-order valence-electron chi connectivity index (χ3n) is 3.25. The largest absolute Gasteiger partial charge is 0.497 e. The molecule has 0 bridgehead atoms. The fourth-order valence-corrected chi connectivity index (χ4v) is 2.65. The molecule has 0 amide bonds. The average Bonchev–Trinajstić information content (AvgIpc) is 2.55. The molecule has 23 heavy (non-hydrogen) atoms. The van der Waals surface area contributed by atoms with Gasteiger partial charge in [0.15, 0.2) is 5.96 Å². The van der Waals surface area contributed by atoms with Crippen molar-refractivity contribution in [3.05, 3.63) is 59.4 Å². The Hall–Kier alpha value is -2.21. The maximum atomic E-state index is 13.3. The van der Waals surface area contributed by atoms with E-state index in [2.05, 4.69) is 10.3 Å². The second kappa shape index (κ2) is 8.43. The van der Waals surface area contributed by atoms with Crippen LogP contribution in [0.5, 0.6) is 5.75 Å². The SMILES string of the molecule is COc1ccc(NC(N)=NCc2ccc(F)cc2CSC)cc1. The van der Waals surface area contributed by atoms with Crippen molar-refractivity contribution in [2.75, 3.05) is 18.7 Å². The smallest absolute Gasteiger partial charge is 0.193 e. The molecule has 0 saturated heterocycles. The van der Waals surface area contributed by atoms with Crippen LogP contribution in [0.15, 0.2) is 47.5 Å². The van der Waals surface area contributed by atoms with Crippen LogP contribution in [0.4, 0.5) is 10.1 Å². The molecule has 0 spiro atoms. The summed E-state index contributed by atoms with van der Waals surface area (Å²) in [6.45, 7) is 0.408. The van der Waals surface area contributed by atoms with E-state index in [9.17, 15) is 4.39 Å². The maximum Gasteiger partial charge on any atom is 0.193 e. The van der Waals surface area contributed by atoms with Crippen LogP contribution in [0.3, 0.4) is 0 Å². The lowest BCUT2D eigenvalue weighted by Crippen LogP contribution is -2.22. The van der Waals surface area contributed by atoms with Gasteiger partial charge in [-0.25, -0.2) is 9.38 Å². The molecule has 2 aromatic rings. The lowest BCUT2D eigenvalue weighted by Gasteiger charge is -2.09. The van der Waals surface area contributed by atoms with Crippen molar-refractivity contribution in [1.29, 1.82) is 0 Å². The number of hydrogen-bond acceptors (Lipinski definition) is 3. The minimum absolute atomic E-state index is 0.230. The van der Waals surface area contributed by atoms with Crippen molar-refractivity contribution < 1.29 is 9.13 Å². The highest BCUT2D eigenvalue weighted by Crippen LogP contribution is 2.18. The zero-order chi connectivity index (χ0) is 16.7. The Labute approximate surface area is 140 Å². The zero-order valence-corrected chi connectivity index (χ0v) is 14.0. The highest BCUT2D eigenvalue weighted by atomic mass is 32.2. The Morgan fingerprint density at radius 1 is 1.22 bits per heavy atom. The molecule has 0 aliphatic carbocycles. The highest BCUT2D eigenvalue weighted by molar-refractivity contribution is 7.97. The first-order valence-corrected chi connectivity index (χ1v) is 8.49. The van der Waals surface area contributed by atoms with E-state index in [1.165, 1.54) is 6.07 Å². The van der Waals surface area contributed by atoms with Gasteiger partial charge in [0.1, 0.15) is 11.6 Å². The van der Waals surface area contributed by atoms with Crippen molar-refractivity contribution in [1.82, 2.24) is 0 Å². The number of methoxy groups -OCH3 is 1. The first-order valence-electron chi connectivity index (χ1n) is 7.09. The minimum atomic E-state index is -0.230. The molecule has 2 rings (SSSR count). The summed E-state index contributed by atoms with van der Waals surface area (Å²) < 4.78 is 18.4. The van der Waals surface area contributed by atoms with Crippen molar-refractivity contribution in [3.63, 3.8) is 0 Å². The number of nitrogens with one attached hydrogen (secondary N) is 1. The first-order chi connectivity index (χ1) is 11.1. The fraction of sp³-hybridized carbons (Fsp3) is 0.235. The summed E-state index contributed by atoms with van der Waals surface area (Å²) in [4.78, 5) is 4.33. The van der Waals surface area contributed by atoms with E-state index in [1.54, 1.807) is 31.0 Å². The Balaban J connectivity index is 2.03. The van der Waals surface area contributed by atoms with Gasteiger partial charge >= 0.3 is 0 Å². The van der Waals surface area contributed by atoms with E-state index in [-0.39, 0.29) is 5.82 Å². The standard InChI is InChI=1S/C17H20FN3OS/c1-22-16-7-5-15(6-8-16)21-17(19)20-10-12-3-4-14(18)9-13(12)11-23-2/h3-9H,10-11H2,1-2H3,(H3,19,20,21). The van der Waals surface area contributed by atoms with Gasteiger partial charge in [0.2, 0.25) is 0 Å². The molecular formula is C17H20FN3OS. The summed E-state index contributed by atoms with van der Waals surface area (Å²) in [7, 11) is 1.62. The molecule has 0 heterocycles. The van der Waals surface area contributed by atoms with E-state index in [4.69, 9.17) is 10.5 Å². The van der Waals surface area contributed by atoms with Crippen molar-refractivity contribution in [3.8, 4) is 5.75 Å². The molecule has 0 aromatic heterocycles. The molecule has 0 aliphatic rings. The van der Waals surface area contributed by atoms with Gasteiger partial charge in [-0.15, -0.1) is 0 Å². The Morgan fingerprint density at radius 2 is 1.96 bits per heavy atom. The summed E-state index contributed by atoms with van der Waals surface area (Å²) >= 11 is 1.64. The molecule has 0 saturated carbocycles. The van der Waals surface area contributed by atoms with Crippen LogP contribution in [0.25, 0.3) is 0 Å². The van der Waals surface area contributed by atoms with Crippen LogP contribution in [-0.2, 0) is 12.3 Å². The number of nitrogens with zero attached hydrogens (tertiary/aromatic N) is 1. The number of halogens is 1. The van der Waals surface area contributed by atoms with E-state index in [0.717, 1.165) is 28.3 Å². The van der Waals surface area contributed by atoms with E-state index >= 15 is 0 Å². The molecule has 2 aromatic carbocycles. The van der Waals surface area contributed by atoms with Crippen molar-refractivity contribution >= 4 is 23.4 Å². The third kappa shape index (κ3) is 5.17. The van der Waals surface area contributed by atoms with Crippen LogP contribution in [0.1, 0.15) is 11.1 Å². The fourth-order valence-electron chi connectivity index (χ4n) is 2.07. The minimum Gasteiger partial charge on any atom is -0.497 e. The number of nitrogens with two attached hydrogens (primary N) is 1. The summed E-state index contributed by atoms with van der Waals surface area (Å²) in [5.74, 6) is 1.61. The van der Waals surface area contributed by atoms with Gasteiger partial charge in [-0.2, -0.15) is 11.8 Å². The molecule has 122 valence electrons. The molecule has 6 heteroatoms. The lowest BCUT2D eigenvalue weighted by molar-refractivity contribution is 0.415. The summed E-state index contributed by atoms with van der Waals surface area (Å²) in [5, 5.41) is 3.02. The molecule has 4 nitrogen and oxygen atoms in total. The van der Waals surface area contributed by atoms with Gasteiger partial charge in [0.25, 0.3) is 0 Å². The molecule has 0 atom stereocenters. The van der Waals surface area contributed by atoms with Gasteiger partial charge in [-0.3, -0.25) is 0 Å². The van der Waals surface area contributed by atoms with E-state index in [1.807, 2.05) is 30.5 Å². The topological polar surface area (TPSA) is 59.6 Å². The van der Waals surface area contributed by atoms with Crippen LogP contribution < -0.4 is 15.8 Å². The van der Waals surface area contributed by atoms with Gasteiger partial charge in [0.05, 0.1) is 13.7 Å². The normalized spacial score (nSPS) is 11.3. The van der Waals surface area contributed by atoms with Gasteiger partial charge < -0.3 is 15.8 Å². The maximum absolute atomic E-state index is 13.3. The second-order valence-electron chi connectivity index (χ2n) is 4.90. The average molecular weight is 333 g/mol. The number of aliphatic imine (C=N–C) groups is 1. The van der Waals surface area contributed by atoms with Crippen LogP contribution in [0.2, 0.25) is 0 Å². The summed E-state index contributed by atoms with van der Waals surface area (Å²) in [6.07, 6.45) is 1.98. The summed E-state index contributed by atoms with van der Waals surface area (Å²) in [5.41, 5.74) is 8.65. The monoisotopic (exact) mass is 333 g/mol. The lowest BCUT2D eigenvalue weighted by atomic mass is 10.1. The van der Waals surface area contributed by atoms with Crippen LogP contribution >= 0.6 is 11.8 Å². The molecule has 3 N–H and O–H groups in total.